The molecule has 4 rings (SSSR count). The number of H-pyrrole nitrogens is 1. The molecule has 34 heteroatoms. The van der Waals surface area contributed by atoms with E-state index in [-0.39, 0.29) is 101 Å². The van der Waals surface area contributed by atoms with Gasteiger partial charge in [-0.25, -0.2) is 4.98 Å². The highest BCUT2D eigenvalue weighted by Crippen LogP contribution is 2.25. The Kier molecular flexibility index (Phi) is 35.8. The normalized spacial score (nSPS) is 23.0. The number of benzene rings is 1. The zero-order valence-corrected chi connectivity index (χ0v) is 59.7. The molecule has 1 unspecified atom stereocenters. The predicted octanol–water partition coefficient (Wildman–Crippen LogP) is -1.29. The molecule has 1 aromatic carbocycles. The third kappa shape index (κ3) is 28.8. The number of primary amides is 1. The molecule has 0 aliphatic carbocycles. The van der Waals surface area contributed by atoms with Gasteiger partial charge in [-0.15, -0.1) is 11.8 Å². The summed E-state index contributed by atoms with van der Waals surface area (Å²) < 4.78 is 0. The van der Waals surface area contributed by atoms with Crippen molar-refractivity contribution in [1.29, 1.82) is 0 Å². The minimum Gasteiger partial charge on any atom is -0.481 e. The fraction of sp³-hybridized carbons (Fsp3) is 0.642. The lowest BCUT2D eigenvalue weighted by Crippen LogP contribution is -2.61. The van der Waals surface area contributed by atoms with Crippen LogP contribution in [0.15, 0.2) is 47.8 Å². The predicted molar refractivity (Wildman–Crippen MR) is 374 cm³/mol. The van der Waals surface area contributed by atoms with Gasteiger partial charge in [0.15, 0.2) is 0 Å². The molecule has 20 N–H and O–H groups in total. The van der Waals surface area contributed by atoms with Crippen LogP contribution in [0.1, 0.15) is 157 Å². The average Bonchev–Trinajstić information content (AvgIpc) is 1.82. The number of carboxylic acids is 2. The van der Waals surface area contributed by atoms with Gasteiger partial charge in [0.05, 0.1) is 30.3 Å². The number of carbonyl (C=O) groups is 14. The van der Waals surface area contributed by atoms with E-state index >= 15 is 0 Å². The number of amides is 12. The Morgan fingerprint density at radius 1 is 0.653 bits per heavy atom. The molecule has 1 saturated heterocycles. The number of aliphatic imine (C=N–C) groups is 1. The SMILES string of the molecule is CC[C@H](C)C[C@@H]1NC(=O)[C@@H](CCCN)NC(=O)[C@@H](NC(=O)C(NC(=O)[C@@H](CCC(=O)O)NC(=O)[C@H](CC(C)C)NC(=O)[C@@H]2CSC([C@@H](N)[C@@H](C)CC)=N2)[C@@H](C)CC)CCCCNC(=O)[C@H](CC(N)=O)NC(=O)[C@@H](CC(=O)O)NC(=O)[C@H](Cc2cnc[nH]2)NC(=O)[C@@H](Cc2ccccc2)NC1=O. The first kappa shape index (κ1) is 84.4. The van der Waals surface area contributed by atoms with Crippen LogP contribution < -0.4 is 75.7 Å². The number of nitrogens with two attached hydrogens (primary N) is 3. The van der Waals surface area contributed by atoms with E-state index in [9.17, 15) is 77.3 Å². The highest BCUT2D eigenvalue weighted by Gasteiger charge is 2.39. The summed E-state index contributed by atoms with van der Waals surface area (Å²) in [6.45, 7) is 14.4. The Morgan fingerprint density at radius 2 is 1.24 bits per heavy atom. The minimum absolute atomic E-state index is 0.00198. The van der Waals surface area contributed by atoms with Gasteiger partial charge in [-0.1, -0.05) is 105 Å². The Morgan fingerprint density at radius 3 is 1.82 bits per heavy atom. The summed E-state index contributed by atoms with van der Waals surface area (Å²) in [5.41, 5.74) is 18.7. The second-order valence-corrected chi connectivity index (χ2v) is 27.4. The third-order valence-electron chi connectivity index (χ3n) is 17.7. The Balaban J connectivity index is 1.78. The average molecular weight is 1440 g/mol. The third-order valence-corrected chi connectivity index (χ3v) is 18.8. The maximum absolute atomic E-state index is 14.9. The van der Waals surface area contributed by atoms with Crippen molar-refractivity contribution in [2.75, 3.05) is 18.8 Å². The van der Waals surface area contributed by atoms with Crippen molar-refractivity contribution in [3.8, 4) is 0 Å². The second-order valence-electron chi connectivity index (χ2n) is 26.4. The highest BCUT2D eigenvalue weighted by molar-refractivity contribution is 8.14. The number of hydrogen-bond donors (Lipinski definition) is 17. The van der Waals surface area contributed by atoms with Crippen LogP contribution in [0, 0.1) is 23.7 Å². The largest absolute Gasteiger partial charge is 0.481 e. The van der Waals surface area contributed by atoms with Crippen LogP contribution >= 0.6 is 11.8 Å². The summed E-state index contributed by atoms with van der Waals surface area (Å²) in [6.07, 6.45) is 0.622. The monoisotopic (exact) mass is 1440 g/mol. The van der Waals surface area contributed by atoms with E-state index in [0.717, 1.165) is 6.42 Å². The Hall–Kier alpha value is -9.05. The number of aromatic nitrogens is 2. The van der Waals surface area contributed by atoms with E-state index < -0.39 is 187 Å². The number of rotatable bonds is 32. The van der Waals surface area contributed by atoms with Crippen LogP contribution in [0.5, 0.6) is 0 Å². The molecule has 15 atom stereocenters. The quantitative estimate of drug-likeness (QED) is 0.0405. The van der Waals surface area contributed by atoms with Crippen molar-refractivity contribution in [2.45, 2.75) is 231 Å². The van der Waals surface area contributed by atoms with Crippen LogP contribution in [0.3, 0.4) is 0 Å². The standard InChI is InChI=1S/C67H105N17O16S/c1-9-36(6)27-45-61(95)79-46(28-39-18-13-12-14-19-39)62(96)80-47(29-40-32-71-34-73-40)63(97)82-49(31-53(88)89)64(98)81-48(30-51(69)85)56(90)72-25-16-15-20-41(57(91)74-42(21-17-24-68)58(92)78-45)76-66(100)55(38(8)11-3)84-59(93)43(22-23-52(86)87)75-60(94)44(26-35(4)5)77-65(99)50-33-101-67(83-50)54(70)37(7)10-2/h12-14,18-19,32,34-38,41-50,54-55H,9-11,15-17,20-31,33,68,70H2,1-8H3,(H2,69,85)(H,71,73)(H,72,90)(H,74,91)(H,75,94)(H,76,100)(H,77,99)(H,78,92)(H,79,95)(H,80,96)(H,81,98)(H,82,97)(H,84,93)(H,86,87)(H,88,89)/t36-,37-,38-,41-,42+,43+,44-,45-,46+,47-,48-,49+,50-,54-,55?/m0/s1. The maximum atomic E-state index is 14.9. The van der Waals surface area contributed by atoms with Crippen LogP contribution in [-0.4, -0.2) is 199 Å². The molecular weight excluding hydrogens is 1330 g/mol. The zero-order chi connectivity index (χ0) is 75.0. The topological polar surface area (TPSA) is 531 Å². The first-order valence-electron chi connectivity index (χ1n) is 34.6. The number of carbonyl (C=O) groups excluding carboxylic acids is 12. The summed E-state index contributed by atoms with van der Waals surface area (Å²) in [6, 6.07) is -8.30. The number of nitrogens with zero attached hydrogens (tertiary/aromatic N) is 2. The summed E-state index contributed by atoms with van der Waals surface area (Å²) in [7, 11) is 0. The van der Waals surface area contributed by atoms with Gasteiger partial charge >= 0.3 is 11.9 Å². The van der Waals surface area contributed by atoms with Gasteiger partial charge in [-0.3, -0.25) is 72.1 Å². The fourth-order valence-electron chi connectivity index (χ4n) is 11.0. The molecule has 2 aromatic rings. The number of aromatic amines is 1. The second kappa shape index (κ2) is 42.9. The molecule has 101 heavy (non-hydrogen) atoms. The van der Waals surface area contributed by atoms with E-state index in [1.54, 1.807) is 44.2 Å². The zero-order valence-electron chi connectivity index (χ0n) is 58.9. The van der Waals surface area contributed by atoms with E-state index in [1.165, 1.54) is 24.3 Å². The molecule has 2 aliphatic rings. The number of aliphatic carboxylic acids is 2. The van der Waals surface area contributed by atoms with Gasteiger partial charge in [0.2, 0.25) is 70.9 Å². The summed E-state index contributed by atoms with van der Waals surface area (Å²) in [5, 5.41) is 49.2. The van der Waals surface area contributed by atoms with Gasteiger partial charge in [-0.2, -0.15) is 0 Å². The van der Waals surface area contributed by atoms with Crippen molar-refractivity contribution in [3.05, 3.63) is 54.1 Å². The van der Waals surface area contributed by atoms with E-state index in [2.05, 4.69) is 73.4 Å². The minimum atomic E-state index is -1.94. The van der Waals surface area contributed by atoms with Gasteiger partial charge in [0.1, 0.15) is 66.5 Å². The molecule has 0 saturated carbocycles. The molecule has 0 spiro atoms. The first-order chi connectivity index (χ1) is 47.9. The molecular formula is C67H105N17O16S. The maximum Gasteiger partial charge on any atom is 0.305 e. The molecule has 2 aliphatic heterocycles. The Bertz CT molecular complexity index is 3180. The lowest BCUT2D eigenvalue weighted by Gasteiger charge is -2.30. The highest BCUT2D eigenvalue weighted by atomic mass is 32.2. The van der Waals surface area contributed by atoms with Crippen LogP contribution in [-0.2, 0) is 80.0 Å². The molecule has 12 amide bonds. The molecule has 1 fully saturated rings. The van der Waals surface area contributed by atoms with Crippen molar-refractivity contribution >= 4 is 99.6 Å². The Labute approximate surface area is 592 Å². The van der Waals surface area contributed by atoms with E-state index in [4.69, 9.17) is 17.2 Å². The fourth-order valence-corrected chi connectivity index (χ4v) is 12.2. The van der Waals surface area contributed by atoms with Gasteiger partial charge < -0.3 is 90.9 Å². The summed E-state index contributed by atoms with van der Waals surface area (Å²) in [5.74, 6) is -15.0. The van der Waals surface area contributed by atoms with Gasteiger partial charge in [0.25, 0.3) is 0 Å². The number of thioether (sulfide) groups is 1. The number of hydrogen-bond acceptors (Lipinski definition) is 19. The van der Waals surface area contributed by atoms with E-state index in [1.807, 2.05) is 41.5 Å². The molecule has 3 heterocycles. The van der Waals surface area contributed by atoms with Crippen LogP contribution in [0.4, 0.5) is 0 Å². The number of carboxylic acid groups (broad SMARTS) is 2. The number of nitrogens with one attached hydrogen (secondary N) is 12. The lowest BCUT2D eigenvalue weighted by molar-refractivity contribution is -0.142. The summed E-state index contributed by atoms with van der Waals surface area (Å²) >= 11 is 1.35. The molecule has 33 nitrogen and oxygen atoms in total. The molecule has 0 bridgehead atoms. The van der Waals surface area contributed by atoms with Crippen molar-refractivity contribution < 1.29 is 77.3 Å². The van der Waals surface area contributed by atoms with Crippen molar-refractivity contribution in [3.63, 3.8) is 0 Å². The first-order valence-corrected chi connectivity index (χ1v) is 35.6. The lowest BCUT2D eigenvalue weighted by atomic mass is 9.96. The van der Waals surface area contributed by atoms with Crippen LogP contribution in [0.25, 0.3) is 0 Å². The number of imidazole rings is 1. The van der Waals surface area contributed by atoms with Gasteiger partial charge in [-0.05, 0) is 87.1 Å². The molecule has 0 radical (unpaired) electrons. The van der Waals surface area contributed by atoms with Crippen LogP contribution in [0.2, 0.25) is 0 Å². The summed E-state index contributed by atoms with van der Waals surface area (Å²) in [4.78, 5) is 207. The van der Waals surface area contributed by atoms with E-state index in [0.29, 0.717) is 22.7 Å². The van der Waals surface area contributed by atoms with Crippen molar-refractivity contribution in [1.82, 2.24) is 68.5 Å². The molecule has 560 valence electrons. The van der Waals surface area contributed by atoms with Crippen molar-refractivity contribution in [2.24, 2.45) is 45.9 Å². The van der Waals surface area contributed by atoms with Gasteiger partial charge in [0, 0.05) is 43.5 Å². The smallest absolute Gasteiger partial charge is 0.305 e. The molecule has 1 aromatic heterocycles.